The summed E-state index contributed by atoms with van der Waals surface area (Å²) in [7, 11) is 0. The van der Waals surface area contributed by atoms with E-state index in [1.165, 1.54) is 57.9 Å². The Kier molecular flexibility index (Phi) is 5.08. The Labute approximate surface area is 111 Å². The SMILES string of the molecule is CCN(CC1CCC1)C(=S)NC1CCCCC1. The van der Waals surface area contributed by atoms with Crippen LogP contribution in [0.3, 0.4) is 0 Å². The highest BCUT2D eigenvalue weighted by molar-refractivity contribution is 7.80. The fourth-order valence-electron chi connectivity index (χ4n) is 2.86. The average molecular weight is 254 g/mol. The molecule has 0 heterocycles. The lowest BCUT2D eigenvalue weighted by Crippen LogP contribution is -2.47. The molecule has 3 heteroatoms. The van der Waals surface area contributed by atoms with Gasteiger partial charge in [-0.2, -0.15) is 0 Å². The van der Waals surface area contributed by atoms with Crippen LogP contribution in [0.5, 0.6) is 0 Å². The van der Waals surface area contributed by atoms with E-state index in [1.807, 2.05) is 0 Å². The Morgan fingerprint density at radius 1 is 1.12 bits per heavy atom. The molecule has 0 amide bonds. The summed E-state index contributed by atoms with van der Waals surface area (Å²) in [5.74, 6) is 0.904. The predicted octanol–water partition coefficient (Wildman–Crippen LogP) is 3.32. The largest absolute Gasteiger partial charge is 0.360 e. The molecule has 2 rings (SSSR count). The number of thiocarbonyl (C=S) groups is 1. The van der Waals surface area contributed by atoms with Gasteiger partial charge in [0.2, 0.25) is 0 Å². The van der Waals surface area contributed by atoms with E-state index in [9.17, 15) is 0 Å². The van der Waals surface area contributed by atoms with Crippen molar-refractivity contribution in [3.8, 4) is 0 Å². The molecule has 2 nitrogen and oxygen atoms in total. The summed E-state index contributed by atoms with van der Waals surface area (Å²) in [5.41, 5.74) is 0. The number of nitrogens with zero attached hydrogens (tertiary/aromatic N) is 1. The average Bonchev–Trinajstić information content (AvgIpc) is 2.29. The van der Waals surface area contributed by atoms with E-state index < -0.39 is 0 Å². The van der Waals surface area contributed by atoms with Crippen LogP contribution in [0.4, 0.5) is 0 Å². The summed E-state index contributed by atoms with van der Waals surface area (Å²) in [6.45, 7) is 4.44. The van der Waals surface area contributed by atoms with Gasteiger partial charge in [-0.3, -0.25) is 0 Å². The highest BCUT2D eigenvalue weighted by Crippen LogP contribution is 2.27. The molecule has 0 spiro atoms. The summed E-state index contributed by atoms with van der Waals surface area (Å²) >= 11 is 5.56. The molecular formula is C14H26N2S. The Bertz CT molecular complexity index is 245. The van der Waals surface area contributed by atoms with Crippen LogP contribution in [0.2, 0.25) is 0 Å². The van der Waals surface area contributed by atoms with Crippen LogP contribution in [-0.4, -0.2) is 29.1 Å². The molecule has 0 radical (unpaired) electrons. The van der Waals surface area contributed by atoms with Crippen molar-refractivity contribution in [1.82, 2.24) is 10.2 Å². The number of hydrogen-bond donors (Lipinski definition) is 1. The standard InChI is InChI=1S/C14H26N2S/c1-2-16(11-12-7-6-8-12)14(17)15-13-9-4-3-5-10-13/h12-13H,2-11H2,1H3,(H,15,17). The molecule has 0 aliphatic heterocycles. The van der Waals surface area contributed by atoms with Gasteiger partial charge in [0, 0.05) is 19.1 Å². The van der Waals surface area contributed by atoms with Gasteiger partial charge in [-0.05, 0) is 50.7 Å². The zero-order valence-electron chi connectivity index (χ0n) is 11.1. The van der Waals surface area contributed by atoms with E-state index in [0.717, 1.165) is 17.6 Å². The van der Waals surface area contributed by atoms with Gasteiger partial charge in [-0.15, -0.1) is 0 Å². The predicted molar refractivity (Wildman–Crippen MR) is 77.2 cm³/mol. The van der Waals surface area contributed by atoms with Crippen LogP contribution < -0.4 is 5.32 Å². The zero-order valence-corrected chi connectivity index (χ0v) is 11.9. The first kappa shape index (κ1) is 13.1. The number of nitrogens with one attached hydrogen (secondary N) is 1. The lowest BCUT2D eigenvalue weighted by Gasteiger charge is -2.35. The van der Waals surface area contributed by atoms with Crippen LogP contribution in [0, 0.1) is 5.92 Å². The summed E-state index contributed by atoms with van der Waals surface area (Å²) in [5, 5.41) is 4.59. The molecule has 0 aromatic heterocycles. The van der Waals surface area contributed by atoms with E-state index in [1.54, 1.807) is 0 Å². The molecule has 0 aromatic carbocycles. The van der Waals surface area contributed by atoms with Gasteiger partial charge in [-0.1, -0.05) is 25.7 Å². The first-order valence-electron chi connectivity index (χ1n) is 7.35. The van der Waals surface area contributed by atoms with Crippen molar-refractivity contribution >= 4 is 17.3 Å². The van der Waals surface area contributed by atoms with Crippen molar-refractivity contribution in [3.05, 3.63) is 0 Å². The van der Waals surface area contributed by atoms with E-state index in [0.29, 0.717) is 6.04 Å². The molecule has 0 atom stereocenters. The van der Waals surface area contributed by atoms with Gasteiger partial charge >= 0.3 is 0 Å². The molecule has 17 heavy (non-hydrogen) atoms. The first-order valence-corrected chi connectivity index (χ1v) is 7.76. The summed E-state index contributed by atoms with van der Waals surface area (Å²) < 4.78 is 0. The minimum atomic E-state index is 0.645. The van der Waals surface area contributed by atoms with Crippen LogP contribution in [-0.2, 0) is 0 Å². The second kappa shape index (κ2) is 6.58. The summed E-state index contributed by atoms with van der Waals surface area (Å²) in [6, 6.07) is 0.645. The molecule has 2 saturated carbocycles. The minimum Gasteiger partial charge on any atom is -0.360 e. The van der Waals surface area contributed by atoms with Crippen molar-refractivity contribution in [3.63, 3.8) is 0 Å². The van der Waals surface area contributed by atoms with Crippen molar-refractivity contribution < 1.29 is 0 Å². The second-order valence-corrected chi connectivity index (χ2v) is 6.01. The molecule has 0 unspecified atom stereocenters. The molecule has 0 aromatic rings. The highest BCUT2D eigenvalue weighted by Gasteiger charge is 2.22. The monoisotopic (exact) mass is 254 g/mol. The fourth-order valence-corrected chi connectivity index (χ4v) is 3.23. The number of rotatable bonds is 4. The fraction of sp³-hybridized carbons (Fsp3) is 0.929. The summed E-state index contributed by atoms with van der Waals surface area (Å²) in [6.07, 6.45) is 11.0. The zero-order chi connectivity index (χ0) is 12.1. The quantitative estimate of drug-likeness (QED) is 0.775. The molecule has 0 saturated heterocycles. The van der Waals surface area contributed by atoms with Crippen LogP contribution >= 0.6 is 12.2 Å². The van der Waals surface area contributed by atoms with Gasteiger partial charge in [0.15, 0.2) is 5.11 Å². The van der Waals surface area contributed by atoms with Crippen molar-refractivity contribution in [2.24, 2.45) is 5.92 Å². The van der Waals surface area contributed by atoms with Crippen molar-refractivity contribution in [2.75, 3.05) is 13.1 Å². The smallest absolute Gasteiger partial charge is 0.169 e. The molecule has 0 bridgehead atoms. The van der Waals surface area contributed by atoms with Gasteiger partial charge in [0.1, 0.15) is 0 Å². The minimum absolute atomic E-state index is 0.645. The van der Waals surface area contributed by atoms with Gasteiger partial charge in [0.25, 0.3) is 0 Å². The van der Waals surface area contributed by atoms with Crippen LogP contribution in [0.1, 0.15) is 58.3 Å². The topological polar surface area (TPSA) is 15.3 Å². The lowest BCUT2D eigenvalue weighted by molar-refractivity contribution is 0.240. The molecule has 2 aliphatic carbocycles. The molecule has 1 N–H and O–H groups in total. The molecular weight excluding hydrogens is 228 g/mol. The third-order valence-corrected chi connectivity index (χ3v) is 4.68. The van der Waals surface area contributed by atoms with E-state index >= 15 is 0 Å². The molecule has 98 valence electrons. The van der Waals surface area contributed by atoms with Gasteiger partial charge < -0.3 is 10.2 Å². The lowest BCUT2D eigenvalue weighted by atomic mass is 9.85. The third-order valence-electron chi connectivity index (χ3n) is 4.31. The number of hydrogen-bond acceptors (Lipinski definition) is 1. The highest BCUT2D eigenvalue weighted by atomic mass is 32.1. The molecule has 2 aliphatic rings. The van der Waals surface area contributed by atoms with Gasteiger partial charge in [-0.25, -0.2) is 0 Å². The maximum absolute atomic E-state index is 5.56. The van der Waals surface area contributed by atoms with E-state index in [-0.39, 0.29) is 0 Å². The van der Waals surface area contributed by atoms with Crippen LogP contribution in [0.15, 0.2) is 0 Å². The Morgan fingerprint density at radius 3 is 2.35 bits per heavy atom. The second-order valence-electron chi connectivity index (χ2n) is 5.62. The maximum atomic E-state index is 5.56. The molecule has 2 fully saturated rings. The van der Waals surface area contributed by atoms with Gasteiger partial charge in [0.05, 0.1) is 0 Å². The van der Waals surface area contributed by atoms with E-state index in [4.69, 9.17) is 12.2 Å². The van der Waals surface area contributed by atoms with Crippen LogP contribution in [0.25, 0.3) is 0 Å². The van der Waals surface area contributed by atoms with Crippen molar-refractivity contribution in [2.45, 2.75) is 64.3 Å². The first-order chi connectivity index (χ1) is 8.29. The third kappa shape index (κ3) is 3.84. The normalized spacial score (nSPS) is 21.9. The Morgan fingerprint density at radius 2 is 1.82 bits per heavy atom. The van der Waals surface area contributed by atoms with Crippen molar-refractivity contribution in [1.29, 1.82) is 0 Å². The summed E-state index contributed by atoms with van der Waals surface area (Å²) in [4.78, 5) is 2.37. The Balaban J connectivity index is 1.74. The maximum Gasteiger partial charge on any atom is 0.169 e. The Hall–Kier alpha value is -0.310. The van der Waals surface area contributed by atoms with E-state index in [2.05, 4.69) is 17.1 Å².